The third kappa shape index (κ3) is 5.60. The Balaban J connectivity index is 2.49. The topological polar surface area (TPSA) is 140 Å². The molecule has 0 aliphatic heterocycles. The zero-order valence-corrected chi connectivity index (χ0v) is 15.5. The maximum Gasteiger partial charge on any atom is 0.416 e. The number of hydrogen-bond donors (Lipinski definition) is 5. The minimum absolute atomic E-state index is 0.0495. The molecule has 0 aliphatic carbocycles. The van der Waals surface area contributed by atoms with Gasteiger partial charge in [0.05, 0.1) is 5.56 Å². The normalized spacial score (nSPS) is 13.0. The van der Waals surface area contributed by atoms with Crippen LogP contribution in [-0.2, 0) is 22.0 Å². The molecule has 8 nitrogen and oxygen atoms in total. The summed E-state index contributed by atoms with van der Waals surface area (Å²) < 4.78 is 74.6. The van der Waals surface area contributed by atoms with Crippen molar-refractivity contribution in [3.63, 3.8) is 0 Å². The quantitative estimate of drug-likeness (QED) is 0.338. The van der Waals surface area contributed by atoms with Crippen LogP contribution >= 0.6 is 15.2 Å². The molecule has 0 bridgehead atoms. The fourth-order valence-corrected chi connectivity index (χ4v) is 4.45. The van der Waals surface area contributed by atoms with Gasteiger partial charge in [0, 0.05) is 6.20 Å². The van der Waals surface area contributed by atoms with E-state index in [0.29, 0.717) is 6.07 Å². The van der Waals surface area contributed by atoms with Gasteiger partial charge in [-0.2, -0.15) is 13.2 Å². The Morgan fingerprint density at radius 1 is 1.00 bits per heavy atom. The van der Waals surface area contributed by atoms with Crippen LogP contribution in [0.2, 0.25) is 0 Å². The summed E-state index contributed by atoms with van der Waals surface area (Å²) in [7, 11) is -10.6. The molecule has 154 valence electrons. The van der Waals surface area contributed by atoms with E-state index in [2.05, 4.69) is 4.98 Å². The van der Waals surface area contributed by atoms with Crippen LogP contribution in [0, 0.1) is 0 Å². The third-order valence-corrected chi connectivity index (χ3v) is 6.82. The van der Waals surface area contributed by atoms with Gasteiger partial charge in [0.2, 0.25) is 5.52 Å². The molecule has 0 aliphatic rings. The van der Waals surface area contributed by atoms with E-state index in [9.17, 15) is 26.7 Å². The highest BCUT2D eigenvalue weighted by Crippen LogP contribution is 2.59. The maximum atomic E-state index is 13.0. The molecule has 0 amide bonds. The molecule has 5 N–H and O–H groups in total. The first-order chi connectivity index (χ1) is 12.7. The Kier molecular flexibility index (Phi) is 6.34. The summed E-state index contributed by atoms with van der Waals surface area (Å²) >= 11 is 0. The minimum atomic E-state index is -5.31. The van der Waals surface area contributed by atoms with Gasteiger partial charge in [0.25, 0.3) is 0 Å². The standard InChI is InChI=1S/C14H14F4N2O6P2/c15-7-8-3-10(5-11(4-8)14(16,17)18)9-1-2-19-12(6-9)20-13(27(21,22)23)28(24,25)26/h1-6,13H,7H2,(H,19,20)(H2,21,22,23)(H2,24,25,26). The predicted molar refractivity (Wildman–Crippen MR) is 91.0 cm³/mol. The highest BCUT2D eigenvalue weighted by Gasteiger charge is 2.43. The van der Waals surface area contributed by atoms with Gasteiger partial charge < -0.3 is 24.9 Å². The van der Waals surface area contributed by atoms with Gasteiger partial charge in [-0.25, -0.2) is 9.37 Å². The van der Waals surface area contributed by atoms with Gasteiger partial charge in [-0.1, -0.05) is 0 Å². The number of hydrogen-bond acceptors (Lipinski definition) is 4. The Labute approximate surface area is 155 Å². The molecule has 2 aromatic rings. The lowest BCUT2D eigenvalue weighted by Gasteiger charge is -2.21. The molecule has 0 saturated heterocycles. The largest absolute Gasteiger partial charge is 0.416 e. The zero-order chi connectivity index (χ0) is 21.3. The summed E-state index contributed by atoms with van der Waals surface area (Å²) in [4.78, 5) is 40.1. The number of pyridine rings is 1. The number of alkyl halides is 4. The fraction of sp³-hybridized carbons (Fsp3) is 0.214. The van der Waals surface area contributed by atoms with Gasteiger partial charge in [0.1, 0.15) is 12.5 Å². The van der Waals surface area contributed by atoms with Crippen LogP contribution in [0.25, 0.3) is 11.1 Å². The van der Waals surface area contributed by atoms with Crippen molar-refractivity contribution in [1.29, 1.82) is 0 Å². The van der Waals surface area contributed by atoms with Gasteiger partial charge in [-0.15, -0.1) is 0 Å². The van der Waals surface area contributed by atoms with Crippen molar-refractivity contribution in [2.45, 2.75) is 18.4 Å². The monoisotopic (exact) mass is 444 g/mol. The Morgan fingerprint density at radius 2 is 1.61 bits per heavy atom. The van der Waals surface area contributed by atoms with Crippen LogP contribution in [0.5, 0.6) is 0 Å². The number of benzene rings is 1. The van der Waals surface area contributed by atoms with Gasteiger partial charge >= 0.3 is 21.4 Å². The average molecular weight is 444 g/mol. The molecule has 0 atom stereocenters. The first-order valence-corrected chi connectivity index (χ1v) is 10.7. The molecule has 1 aromatic heterocycles. The predicted octanol–water partition coefficient (Wildman–Crippen LogP) is 3.29. The van der Waals surface area contributed by atoms with Crippen molar-refractivity contribution < 1.29 is 46.3 Å². The molecule has 28 heavy (non-hydrogen) atoms. The summed E-state index contributed by atoms with van der Waals surface area (Å²) in [6.07, 6.45) is -3.69. The first-order valence-electron chi connectivity index (χ1n) is 7.32. The summed E-state index contributed by atoms with van der Waals surface area (Å²) in [5.41, 5.74) is -3.97. The molecule has 14 heteroatoms. The van der Waals surface area contributed by atoms with E-state index in [-0.39, 0.29) is 16.7 Å². The number of aromatic nitrogens is 1. The smallest absolute Gasteiger partial charge is 0.346 e. The second kappa shape index (κ2) is 7.90. The minimum Gasteiger partial charge on any atom is -0.346 e. The van der Waals surface area contributed by atoms with Crippen molar-refractivity contribution in [3.8, 4) is 11.1 Å². The van der Waals surface area contributed by atoms with Crippen LogP contribution in [0.3, 0.4) is 0 Å². The van der Waals surface area contributed by atoms with Crippen LogP contribution in [0.15, 0.2) is 36.5 Å². The van der Waals surface area contributed by atoms with Crippen molar-refractivity contribution in [1.82, 2.24) is 4.98 Å². The molecule has 1 aromatic carbocycles. The van der Waals surface area contributed by atoms with Crippen LogP contribution in [-0.4, -0.2) is 30.1 Å². The fourth-order valence-electron chi connectivity index (χ4n) is 2.28. The SMILES string of the molecule is O=P(O)(O)C(Nc1cc(-c2cc(CF)cc(C(F)(F)F)c2)ccn1)P(=O)(O)O. The Morgan fingerprint density at radius 3 is 2.11 bits per heavy atom. The molecule has 0 spiro atoms. The highest BCUT2D eigenvalue weighted by molar-refractivity contribution is 7.71. The van der Waals surface area contributed by atoms with E-state index in [1.54, 1.807) is 0 Å². The number of nitrogens with one attached hydrogen (secondary N) is 1. The lowest BCUT2D eigenvalue weighted by atomic mass is 10.0. The second-order valence-electron chi connectivity index (χ2n) is 5.68. The molecule has 0 radical (unpaired) electrons. The summed E-state index contributed by atoms with van der Waals surface area (Å²) in [6, 6.07) is 4.78. The lowest BCUT2D eigenvalue weighted by Crippen LogP contribution is -2.20. The maximum absolute atomic E-state index is 13.0. The lowest BCUT2D eigenvalue weighted by molar-refractivity contribution is -0.137. The molecule has 0 unspecified atom stereocenters. The summed E-state index contributed by atoms with van der Waals surface area (Å²) in [5, 5.41) is 1.91. The second-order valence-corrected chi connectivity index (χ2v) is 9.47. The van der Waals surface area contributed by atoms with E-state index in [0.717, 1.165) is 24.4 Å². The molecule has 2 rings (SSSR count). The number of rotatable bonds is 6. The molecule has 0 fully saturated rings. The van der Waals surface area contributed by atoms with E-state index < -0.39 is 44.9 Å². The molecular formula is C14H14F4N2O6P2. The highest BCUT2D eigenvalue weighted by atomic mass is 31.2. The molecule has 1 heterocycles. The van der Waals surface area contributed by atoms with Gasteiger partial charge in [0.15, 0.2) is 0 Å². The van der Waals surface area contributed by atoms with E-state index >= 15 is 0 Å². The van der Waals surface area contributed by atoms with Crippen molar-refractivity contribution in [2.24, 2.45) is 0 Å². The van der Waals surface area contributed by atoms with E-state index in [1.165, 1.54) is 6.07 Å². The van der Waals surface area contributed by atoms with Crippen molar-refractivity contribution >= 4 is 21.0 Å². The van der Waals surface area contributed by atoms with E-state index in [4.69, 9.17) is 19.6 Å². The third-order valence-electron chi connectivity index (χ3n) is 3.48. The molecule has 0 saturated carbocycles. The van der Waals surface area contributed by atoms with E-state index in [1.807, 2.05) is 5.32 Å². The van der Waals surface area contributed by atoms with Crippen LogP contribution < -0.4 is 5.32 Å². The number of nitrogens with zero attached hydrogens (tertiary/aromatic N) is 1. The van der Waals surface area contributed by atoms with Crippen molar-refractivity contribution in [2.75, 3.05) is 5.32 Å². The average Bonchev–Trinajstić information content (AvgIpc) is 2.56. The van der Waals surface area contributed by atoms with Crippen molar-refractivity contribution in [3.05, 3.63) is 47.7 Å². The molecular weight excluding hydrogens is 430 g/mol. The number of halogens is 4. The summed E-state index contributed by atoms with van der Waals surface area (Å²) in [5.74, 6) is -0.409. The van der Waals surface area contributed by atoms with Gasteiger partial charge in [-0.3, -0.25) is 9.13 Å². The van der Waals surface area contributed by atoms with Crippen LogP contribution in [0.4, 0.5) is 23.4 Å². The van der Waals surface area contributed by atoms with Crippen LogP contribution in [0.1, 0.15) is 11.1 Å². The van der Waals surface area contributed by atoms with Gasteiger partial charge in [-0.05, 0) is 47.0 Å². The zero-order valence-electron chi connectivity index (χ0n) is 13.7. The Hall–Kier alpha value is -1.81. The Bertz CT molecular complexity index is 937. The number of anilines is 1. The summed E-state index contributed by atoms with van der Waals surface area (Å²) in [6.45, 7) is -1.16. The first kappa shape index (κ1) is 22.5.